The first-order valence-corrected chi connectivity index (χ1v) is 14.4. The first-order valence-electron chi connectivity index (χ1n) is 14.4. The summed E-state index contributed by atoms with van der Waals surface area (Å²) >= 11 is 0. The van der Waals surface area contributed by atoms with Crippen molar-refractivity contribution in [2.45, 2.75) is 71.6 Å². The summed E-state index contributed by atoms with van der Waals surface area (Å²) in [7, 11) is 0. The van der Waals surface area contributed by atoms with Crippen LogP contribution in [0.1, 0.15) is 53.9 Å². The third-order valence-corrected chi connectivity index (χ3v) is 5.35. The number of rotatable bonds is 24. The molecule has 5 amide bonds. The highest BCUT2D eigenvalue weighted by atomic mass is 16.6. The maximum absolute atomic E-state index is 12.7. The van der Waals surface area contributed by atoms with Crippen LogP contribution in [0.25, 0.3) is 0 Å². The Kier molecular flexibility index (Phi) is 21.5. The first kappa shape index (κ1) is 39.8. The van der Waals surface area contributed by atoms with Gasteiger partial charge < -0.3 is 55.8 Å². The van der Waals surface area contributed by atoms with Crippen molar-refractivity contribution >= 4 is 29.9 Å². The third-order valence-electron chi connectivity index (χ3n) is 5.35. The van der Waals surface area contributed by atoms with Crippen molar-refractivity contribution in [1.82, 2.24) is 21.3 Å². The molecule has 0 aromatic heterocycles. The number of hydrogen-bond donors (Lipinski definition) is 6. The summed E-state index contributed by atoms with van der Waals surface area (Å²) in [6, 6.07) is -2.83. The fraction of sp³-hybridized carbons (Fsp3) is 0.815. The average Bonchev–Trinajstić information content (AvgIpc) is 2.89. The normalized spacial score (nSPS) is 12.7. The number of hydrogen-bond acceptors (Lipinski definition) is 10. The molecule has 0 saturated heterocycles. The van der Waals surface area contributed by atoms with Crippen LogP contribution in [0.2, 0.25) is 0 Å². The maximum atomic E-state index is 12.7. The van der Waals surface area contributed by atoms with Crippen LogP contribution in [0.4, 0.5) is 9.59 Å². The van der Waals surface area contributed by atoms with E-state index in [1.54, 1.807) is 34.6 Å². The molecule has 16 nitrogen and oxygen atoms in total. The summed E-state index contributed by atoms with van der Waals surface area (Å²) < 4.78 is 26.7. The lowest BCUT2D eigenvalue weighted by atomic mass is 10.0. The van der Waals surface area contributed by atoms with Gasteiger partial charge in [0.2, 0.25) is 11.8 Å². The molecule has 0 aliphatic heterocycles. The number of nitrogens with one attached hydrogen (secondary N) is 4. The van der Waals surface area contributed by atoms with Gasteiger partial charge in [0.25, 0.3) is 0 Å². The highest BCUT2D eigenvalue weighted by Crippen LogP contribution is 2.07. The van der Waals surface area contributed by atoms with E-state index in [1.165, 1.54) is 0 Å². The lowest BCUT2D eigenvalue weighted by Crippen LogP contribution is -2.53. The summed E-state index contributed by atoms with van der Waals surface area (Å²) in [6.45, 7) is 11.8. The number of primary amides is 1. The van der Waals surface area contributed by atoms with Crippen LogP contribution >= 0.6 is 0 Å². The number of ether oxygens (including phenoxy) is 5. The number of urea groups is 1. The SMILES string of the molecule is CC(C)[C@H](NC(=O)CCOCCOCCOCCOCCNC(=O)OC(C)(C)C)C(=O)N[C@@H](CCCNC(N)=O)C(=O)O. The van der Waals surface area contributed by atoms with E-state index in [4.69, 9.17) is 29.4 Å². The predicted molar refractivity (Wildman–Crippen MR) is 155 cm³/mol. The Hall–Kier alpha value is -3.21. The van der Waals surface area contributed by atoms with Crippen molar-refractivity contribution in [3.63, 3.8) is 0 Å². The molecule has 0 bridgehead atoms. The molecule has 16 heteroatoms. The van der Waals surface area contributed by atoms with Crippen LogP contribution in [-0.2, 0) is 38.1 Å². The van der Waals surface area contributed by atoms with Gasteiger partial charge in [-0.2, -0.15) is 0 Å². The molecule has 0 aliphatic carbocycles. The quantitative estimate of drug-likeness (QED) is 0.0794. The number of carbonyl (C=O) groups is 5. The van der Waals surface area contributed by atoms with Gasteiger partial charge in [-0.25, -0.2) is 14.4 Å². The van der Waals surface area contributed by atoms with Crippen molar-refractivity contribution < 1.29 is 52.8 Å². The van der Waals surface area contributed by atoms with Crippen molar-refractivity contribution in [3.05, 3.63) is 0 Å². The molecule has 0 spiro atoms. The fourth-order valence-electron chi connectivity index (χ4n) is 3.28. The molecule has 43 heavy (non-hydrogen) atoms. The molecule has 2 atom stereocenters. The maximum Gasteiger partial charge on any atom is 0.407 e. The Morgan fingerprint density at radius 3 is 1.79 bits per heavy atom. The third kappa shape index (κ3) is 24.0. The first-order chi connectivity index (χ1) is 20.2. The highest BCUT2D eigenvalue weighted by Gasteiger charge is 2.28. The average molecular weight is 622 g/mol. The Labute approximate surface area is 253 Å². The van der Waals surface area contributed by atoms with Crippen LogP contribution in [0.5, 0.6) is 0 Å². The molecule has 0 aliphatic rings. The highest BCUT2D eigenvalue weighted by molar-refractivity contribution is 5.90. The zero-order valence-corrected chi connectivity index (χ0v) is 26.0. The van der Waals surface area contributed by atoms with Crippen LogP contribution in [0.3, 0.4) is 0 Å². The number of carboxylic acid groups (broad SMARTS) is 1. The number of nitrogens with two attached hydrogens (primary N) is 1. The molecular weight excluding hydrogens is 570 g/mol. The van der Waals surface area contributed by atoms with E-state index in [-0.39, 0.29) is 38.5 Å². The molecule has 0 aromatic rings. The van der Waals surface area contributed by atoms with E-state index in [9.17, 15) is 29.1 Å². The standard InChI is InChI=1S/C27H51N5O11/c1-19(2)22(23(34)31-20(24(35)36)7-6-9-29-25(28)37)32-21(33)8-11-39-13-15-41-17-18-42-16-14-40-12-10-30-26(38)43-27(3,4)5/h19-20,22H,6-18H2,1-5H3,(H,30,38)(H,31,34)(H,32,33)(H,35,36)(H3,28,29,37)/t20-,22-/m0/s1. The lowest BCUT2D eigenvalue weighted by Gasteiger charge is -2.24. The van der Waals surface area contributed by atoms with Crippen LogP contribution in [0.15, 0.2) is 0 Å². The second-order valence-electron chi connectivity index (χ2n) is 10.8. The van der Waals surface area contributed by atoms with Gasteiger partial charge >= 0.3 is 18.1 Å². The van der Waals surface area contributed by atoms with Gasteiger partial charge in [0, 0.05) is 19.5 Å². The van der Waals surface area contributed by atoms with Gasteiger partial charge in [0.05, 0.1) is 52.9 Å². The van der Waals surface area contributed by atoms with Gasteiger partial charge in [-0.1, -0.05) is 13.8 Å². The van der Waals surface area contributed by atoms with Crippen molar-refractivity contribution in [2.75, 3.05) is 65.9 Å². The predicted octanol–water partition coefficient (Wildman–Crippen LogP) is 0.126. The molecular formula is C27H51N5O11. The van der Waals surface area contributed by atoms with Crippen molar-refractivity contribution in [1.29, 1.82) is 0 Å². The second kappa shape index (κ2) is 23.3. The monoisotopic (exact) mass is 621 g/mol. The summed E-state index contributed by atoms with van der Waals surface area (Å²) in [5.41, 5.74) is 4.43. The molecule has 0 unspecified atom stereocenters. The zero-order chi connectivity index (χ0) is 32.7. The summed E-state index contributed by atoms with van der Waals surface area (Å²) in [5, 5.41) is 19.4. The van der Waals surface area contributed by atoms with Crippen molar-refractivity contribution in [3.8, 4) is 0 Å². The molecule has 250 valence electrons. The molecule has 0 radical (unpaired) electrons. The minimum absolute atomic E-state index is 0.00799. The molecule has 0 rings (SSSR count). The van der Waals surface area contributed by atoms with Gasteiger partial charge in [-0.15, -0.1) is 0 Å². The lowest BCUT2D eigenvalue weighted by molar-refractivity contribution is -0.142. The van der Waals surface area contributed by atoms with Gasteiger partial charge in [0.15, 0.2) is 0 Å². The van der Waals surface area contributed by atoms with Crippen LogP contribution in [0, 0.1) is 5.92 Å². The Morgan fingerprint density at radius 2 is 1.30 bits per heavy atom. The Bertz CT molecular complexity index is 837. The smallest absolute Gasteiger partial charge is 0.407 e. The number of aliphatic carboxylic acids is 1. The van der Waals surface area contributed by atoms with Gasteiger partial charge in [-0.05, 0) is 39.5 Å². The largest absolute Gasteiger partial charge is 0.480 e. The van der Waals surface area contributed by atoms with E-state index in [0.29, 0.717) is 52.6 Å². The molecule has 7 N–H and O–H groups in total. The molecule has 0 fully saturated rings. The Balaban J connectivity index is 3.93. The van der Waals surface area contributed by atoms with E-state index >= 15 is 0 Å². The summed E-state index contributed by atoms with van der Waals surface area (Å²) in [4.78, 5) is 58.7. The summed E-state index contributed by atoms with van der Waals surface area (Å²) in [6.07, 6.45) is -0.115. The summed E-state index contributed by atoms with van der Waals surface area (Å²) in [5.74, 6) is -2.54. The van der Waals surface area contributed by atoms with Crippen LogP contribution in [-0.4, -0.2) is 119 Å². The van der Waals surface area contributed by atoms with E-state index < -0.39 is 47.6 Å². The van der Waals surface area contributed by atoms with Gasteiger partial charge in [-0.3, -0.25) is 9.59 Å². The minimum atomic E-state index is -1.22. The number of alkyl carbamates (subject to hydrolysis) is 1. The number of amides is 5. The van der Waals surface area contributed by atoms with Gasteiger partial charge in [0.1, 0.15) is 17.7 Å². The van der Waals surface area contributed by atoms with E-state index in [0.717, 1.165) is 0 Å². The minimum Gasteiger partial charge on any atom is -0.480 e. The molecule has 0 aromatic carbocycles. The molecule has 0 saturated carbocycles. The number of carbonyl (C=O) groups excluding carboxylic acids is 4. The fourth-order valence-corrected chi connectivity index (χ4v) is 3.28. The van der Waals surface area contributed by atoms with E-state index in [1.807, 2.05) is 0 Å². The zero-order valence-electron chi connectivity index (χ0n) is 26.0. The van der Waals surface area contributed by atoms with Crippen molar-refractivity contribution in [2.24, 2.45) is 11.7 Å². The number of carboxylic acids is 1. The second-order valence-corrected chi connectivity index (χ2v) is 10.8. The topological polar surface area (TPSA) is 226 Å². The Morgan fingerprint density at radius 1 is 0.767 bits per heavy atom. The van der Waals surface area contributed by atoms with Crippen LogP contribution < -0.4 is 27.0 Å². The van der Waals surface area contributed by atoms with E-state index in [2.05, 4.69) is 21.3 Å². The molecule has 0 heterocycles.